The number of nitrogens with one attached hydrogen (secondary N) is 1. The van der Waals surface area contributed by atoms with Gasteiger partial charge in [-0.2, -0.15) is 0 Å². The average Bonchev–Trinajstić information content (AvgIpc) is 2.71. The molecule has 31 heavy (non-hydrogen) atoms. The Kier molecular flexibility index (Phi) is 7.43. The fourth-order valence-electron chi connectivity index (χ4n) is 2.80. The minimum atomic E-state index is -3.55. The number of amides is 1. The molecule has 162 valence electrons. The van der Waals surface area contributed by atoms with Gasteiger partial charge in [-0.1, -0.05) is 47.5 Å². The summed E-state index contributed by atoms with van der Waals surface area (Å²) in [5.74, 6) is 0.0824. The Labute approximate surface area is 191 Å². The second kappa shape index (κ2) is 10.0. The second-order valence-corrected chi connectivity index (χ2v) is 9.45. The van der Waals surface area contributed by atoms with Crippen molar-refractivity contribution in [2.45, 2.75) is 6.54 Å². The van der Waals surface area contributed by atoms with Crippen LogP contribution in [0.5, 0.6) is 5.75 Å². The molecule has 9 heteroatoms. The lowest BCUT2D eigenvalue weighted by Gasteiger charge is -2.23. The van der Waals surface area contributed by atoms with E-state index >= 15 is 0 Å². The van der Waals surface area contributed by atoms with Gasteiger partial charge >= 0.3 is 0 Å². The smallest absolute Gasteiger partial charge is 0.262 e. The maximum Gasteiger partial charge on any atom is 0.262 e. The summed E-state index contributed by atoms with van der Waals surface area (Å²) in [5, 5.41) is 3.69. The molecule has 0 aromatic heterocycles. The Morgan fingerprint density at radius 2 is 1.71 bits per heavy atom. The van der Waals surface area contributed by atoms with Crippen LogP contribution in [0.1, 0.15) is 5.56 Å². The van der Waals surface area contributed by atoms with E-state index in [4.69, 9.17) is 27.9 Å². The number of ether oxygens (including phenoxy) is 1. The van der Waals surface area contributed by atoms with E-state index in [1.165, 1.54) is 4.31 Å². The molecule has 0 aliphatic carbocycles. The van der Waals surface area contributed by atoms with Gasteiger partial charge in [-0.05, 0) is 54.1 Å². The number of carbonyl (C=O) groups is 1. The summed E-state index contributed by atoms with van der Waals surface area (Å²) < 4.78 is 31.4. The molecule has 1 N–H and O–H groups in total. The number of nitrogens with zero attached hydrogens (tertiary/aromatic N) is 1. The highest BCUT2D eigenvalue weighted by molar-refractivity contribution is 7.92. The number of hydrogen-bond donors (Lipinski definition) is 1. The van der Waals surface area contributed by atoms with Crippen LogP contribution in [0.15, 0.2) is 72.8 Å². The van der Waals surface area contributed by atoms with Crippen molar-refractivity contribution in [3.63, 3.8) is 0 Å². The van der Waals surface area contributed by atoms with Crippen LogP contribution in [-0.4, -0.2) is 27.2 Å². The highest BCUT2D eigenvalue weighted by Gasteiger charge is 2.19. The van der Waals surface area contributed by atoms with Gasteiger partial charge in [0.15, 0.2) is 6.61 Å². The molecule has 3 rings (SSSR count). The molecule has 0 fully saturated rings. The first-order chi connectivity index (χ1) is 14.7. The van der Waals surface area contributed by atoms with Crippen molar-refractivity contribution in [3.8, 4) is 5.75 Å². The Morgan fingerprint density at radius 1 is 1.00 bits per heavy atom. The predicted molar refractivity (Wildman–Crippen MR) is 124 cm³/mol. The number of rotatable bonds is 8. The Bertz CT molecular complexity index is 1170. The van der Waals surface area contributed by atoms with Crippen LogP contribution in [0, 0.1) is 0 Å². The normalized spacial score (nSPS) is 11.1. The van der Waals surface area contributed by atoms with Gasteiger partial charge in [0.1, 0.15) is 5.75 Å². The van der Waals surface area contributed by atoms with Gasteiger partial charge in [-0.25, -0.2) is 8.42 Å². The molecule has 0 aliphatic heterocycles. The molecule has 0 radical (unpaired) electrons. The third-order valence-corrected chi connectivity index (χ3v) is 6.02. The first-order valence-corrected chi connectivity index (χ1v) is 11.8. The van der Waals surface area contributed by atoms with Gasteiger partial charge in [0.2, 0.25) is 10.0 Å². The van der Waals surface area contributed by atoms with Gasteiger partial charge in [-0.15, -0.1) is 0 Å². The van der Waals surface area contributed by atoms with Crippen molar-refractivity contribution in [2.75, 3.05) is 22.5 Å². The molecule has 1 amide bonds. The van der Waals surface area contributed by atoms with E-state index in [2.05, 4.69) is 5.32 Å². The van der Waals surface area contributed by atoms with Crippen LogP contribution in [0.25, 0.3) is 0 Å². The molecule has 0 atom stereocenters. The molecular weight excluding hydrogens is 459 g/mol. The fraction of sp³-hybridized carbons (Fsp3) is 0.136. The minimum Gasteiger partial charge on any atom is -0.484 e. The summed E-state index contributed by atoms with van der Waals surface area (Å²) in [6.45, 7) is -0.109. The Hall–Kier alpha value is -2.74. The monoisotopic (exact) mass is 478 g/mol. The largest absolute Gasteiger partial charge is 0.484 e. The average molecular weight is 479 g/mol. The van der Waals surface area contributed by atoms with E-state index in [-0.39, 0.29) is 19.1 Å². The molecule has 0 saturated heterocycles. The van der Waals surface area contributed by atoms with Crippen molar-refractivity contribution in [1.82, 2.24) is 0 Å². The fourth-order valence-corrected chi connectivity index (χ4v) is 4.07. The third kappa shape index (κ3) is 6.62. The summed E-state index contributed by atoms with van der Waals surface area (Å²) in [5.41, 5.74) is 1.71. The molecule has 0 spiro atoms. The number of sulfonamides is 1. The van der Waals surface area contributed by atoms with E-state index in [1.54, 1.807) is 72.8 Å². The van der Waals surface area contributed by atoms with E-state index in [0.29, 0.717) is 32.7 Å². The van der Waals surface area contributed by atoms with Crippen molar-refractivity contribution in [1.29, 1.82) is 0 Å². The summed E-state index contributed by atoms with van der Waals surface area (Å²) in [6, 6.07) is 20.3. The van der Waals surface area contributed by atoms with Crippen molar-refractivity contribution < 1.29 is 17.9 Å². The zero-order valence-corrected chi connectivity index (χ0v) is 18.9. The van der Waals surface area contributed by atoms with Gasteiger partial charge in [0, 0.05) is 15.7 Å². The number of benzene rings is 3. The quantitative estimate of drug-likeness (QED) is 0.495. The molecule has 0 heterocycles. The molecule has 0 unspecified atom stereocenters. The van der Waals surface area contributed by atoms with Crippen molar-refractivity contribution >= 4 is 50.5 Å². The van der Waals surface area contributed by atoms with Gasteiger partial charge < -0.3 is 10.1 Å². The molecule has 0 aliphatic rings. The molecular formula is C22H20Cl2N2O4S. The van der Waals surface area contributed by atoms with E-state index in [0.717, 1.165) is 6.26 Å². The van der Waals surface area contributed by atoms with Crippen LogP contribution in [0.3, 0.4) is 0 Å². The van der Waals surface area contributed by atoms with E-state index in [9.17, 15) is 13.2 Å². The first-order valence-electron chi connectivity index (χ1n) is 9.22. The molecule has 0 saturated carbocycles. The van der Waals surface area contributed by atoms with Gasteiger partial charge in [0.25, 0.3) is 5.91 Å². The molecule has 3 aromatic rings. The van der Waals surface area contributed by atoms with Crippen molar-refractivity contribution in [2.24, 2.45) is 0 Å². The summed E-state index contributed by atoms with van der Waals surface area (Å²) >= 11 is 12.1. The highest BCUT2D eigenvalue weighted by Crippen LogP contribution is 2.26. The maximum absolute atomic E-state index is 12.3. The Balaban J connectivity index is 1.66. The third-order valence-electron chi connectivity index (χ3n) is 4.28. The number of anilines is 2. The first kappa shape index (κ1) is 22.9. The van der Waals surface area contributed by atoms with E-state index in [1.807, 2.05) is 0 Å². The number of hydrogen-bond acceptors (Lipinski definition) is 4. The zero-order valence-electron chi connectivity index (χ0n) is 16.6. The predicted octanol–water partition coefficient (Wildman–Crippen LogP) is 4.98. The molecule has 0 bridgehead atoms. The standard InChI is InChI=1S/C22H20Cl2N2O4S/c1-31(28,29)26(14-16-5-2-3-8-21(16)24)19-9-11-20(12-10-19)30-15-22(27)25-18-7-4-6-17(23)13-18/h2-13H,14-15H2,1H3,(H,25,27). The lowest BCUT2D eigenvalue weighted by atomic mass is 10.2. The Morgan fingerprint density at radius 3 is 2.35 bits per heavy atom. The molecule has 3 aromatic carbocycles. The zero-order chi connectivity index (χ0) is 22.4. The van der Waals surface area contributed by atoms with Gasteiger partial charge in [0.05, 0.1) is 18.5 Å². The summed E-state index contributed by atoms with van der Waals surface area (Å²) in [7, 11) is -3.55. The summed E-state index contributed by atoms with van der Waals surface area (Å²) in [4.78, 5) is 12.1. The van der Waals surface area contributed by atoms with Crippen molar-refractivity contribution in [3.05, 3.63) is 88.4 Å². The lowest BCUT2D eigenvalue weighted by molar-refractivity contribution is -0.118. The van der Waals surface area contributed by atoms with Crippen LogP contribution in [0.4, 0.5) is 11.4 Å². The maximum atomic E-state index is 12.3. The van der Waals surface area contributed by atoms with Crippen LogP contribution < -0.4 is 14.4 Å². The topological polar surface area (TPSA) is 75.7 Å². The number of halogens is 2. The van der Waals surface area contributed by atoms with Gasteiger partial charge in [-0.3, -0.25) is 9.10 Å². The van der Waals surface area contributed by atoms with Crippen LogP contribution in [0.2, 0.25) is 10.0 Å². The van der Waals surface area contributed by atoms with Crippen LogP contribution in [-0.2, 0) is 21.4 Å². The SMILES string of the molecule is CS(=O)(=O)N(Cc1ccccc1Cl)c1ccc(OCC(=O)Nc2cccc(Cl)c2)cc1. The minimum absolute atomic E-state index is 0.0980. The van der Waals surface area contributed by atoms with E-state index < -0.39 is 10.0 Å². The summed E-state index contributed by atoms with van der Waals surface area (Å²) in [6.07, 6.45) is 1.13. The lowest BCUT2D eigenvalue weighted by Crippen LogP contribution is -2.29. The molecule has 6 nitrogen and oxygen atoms in total. The number of carbonyl (C=O) groups excluding carboxylic acids is 1. The highest BCUT2D eigenvalue weighted by atomic mass is 35.5. The second-order valence-electron chi connectivity index (χ2n) is 6.70. The van der Waals surface area contributed by atoms with Crippen LogP contribution >= 0.6 is 23.2 Å².